The predicted molar refractivity (Wildman–Crippen MR) is 123 cm³/mol. The number of hydrogen-bond donors (Lipinski definition) is 0. The molecule has 0 N–H and O–H groups in total. The quantitative estimate of drug-likeness (QED) is 0.609. The molecular weight excluding hydrogens is 421 g/mol. The van der Waals surface area contributed by atoms with Gasteiger partial charge in [0.1, 0.15) is 5.82 Å². The summed E-state index contributed by atoms with van der Waals surface area (Å²) in [6.07, 6.45) is 7.46. The zero-order chi connectivity index (χ0) is 22.9. The van der Waals surface area contributed by atoms with E-state index >= 15 is 0 Å². The number of nitrogens with zero attached hydrogens (tertiary/aromatic N) is 7. The molecular formula is C24H28FN7O. The zero-order valence-electron chi connectivity index (χ0n) is 18.9. The highest BCUT2D eigenvalue weighted by Crippen LogP contribution is 2.23. The largest absolute Gasteiger partial charge is 0.367 e. The molecule has 1 saturated heterocycles. The van der Waals surface area contributed by atoms with Crippen LogP contribution < -0.4 is 4.90 Å². The molecule has 0 aliphatic carbocycles. The number of piperazine rings is 1. The number of halogens is 1. The van der Waals surface area contributed by atoms with Crippen LogP contribution in [0.3, 0.4) is 0 Å². The summed E-state index contributed by atoms with van der Waals surface area (Å²) in [7, 11) is 0. The van der Waals surface area contributed by atoms with Crippen molar-refractivity contribution in [3.63, 3.8) is 0 Å². The van der Waals surface area contributed by atoms with Gasteiger partial charge < -0.3 is 9.80 Å². The SMILES string of the molecule is C[C@@H]1CN(c2cccnc2)C[C@H](C)N1CC(=O)N1CCc2nn(-c3ccc(F)cn3)cc2C1. The van der Waals surface area contributed by atoms with Gasteiger partial charge >= 0.3 is 0 Å². The van der Waals surface area contributed by atoms with Gasteiger partial charge in [-0.25, -0.2) is 14.1 Å². The molecule has 172 valence electrons. The van der Waals surface area contributed by atoms with E-state index in [2.05, 4.69) is 44.8 Å². The van der Waals surface area contributed by atoms with Crippen molar-refractivity contribution in [3.8, 4) is 5.82 Å². The van der Waals surface area contributed by atoms with Crippen LogP contribution in [0.1, 0.15) is 25.1 Å². The second kappa shape index (κ2) is 8.90. The molecule has 1 fully saturated rings. The van der Waals surface area contributed by atoms with E-state index in [0.29, 0.717) is 31.9 Å². The van der Waals surface area contributed by atoms with E-state index in [9.17, 15) is 9.18 Å². The molecule has 0 saturated carbocycles. The standard InChI is InChI=1S/C24H28FN7O/c1-17-12-30(21-4-3-8-26-11-21)13-18(2)31(17)16-24(33)29-9-7-22-19(14-29)15-32(28-22)23-6-5-20(25)10-27-23/h3-6,8,10-11,15,17-18H,7,9,12-14,16H2,1-2H3/t17-,18+. The third-order valence-electron chi connectivity index (χ3n) is 6.59. The molecule has 2 aliphatic heterocycles. The Morgan fingerprint density at radius 1 is 1.15 bits per heavy atom. The van der Waals surface area contributed by atoms with Crippen molar-refractivity contribution in [2.75, 3.05) is 31.1 Å². The zero-order valence-corrected chi connectivity index (χ0v) is 18.9. The number of fused-ring (bicyclic) bond motifs is 1. The third kappa shape index (κ3) is 4.45. The van der Waals surface area contributed by atoms with Crippen LogP contribution in [0.25, 0.3) is 5.82 Å². The van der Waals surface area contributed by atoms with Crippen molar-refractivity contribution < 1.29 is 9.18 Å². The van der Waals surface area contributed by atoms with Crippen LogP contribution in [-0.2, 0) is 17.8 Å². The average Bonchev–Trinajstić information content (AvgIpc) is 3.25. The maximum Gasteiger partial charge on any atom is 0.237 e. The van der Waals surface area contributed by atoms with Gasteiger partial charge in [0.25, 0.3) is 0 Å². The Labute approximate surface area is 192 Å². The third-order valence-corrected chi connectivity index (χ3v) is 6.59. The monoisotopic (exact) mass is 449 g/mol. The van der Waals surface area contributed by atoms with Crippen molar-refractivity contribution in [2.24, 2.45) is 0 Å². The van der Waals surface area contributed by atoms with Crippen LogP contribution in [0, 0.1) is 5.82 Å². The van der Waals surface area contributed by atoms with Gasteiger partial charge in [0, 0.05) is 62.6 Å². The topological polar surface area (TPSA) is 70.4 Å². The number of pyridine rings is 2. The molecule has 2 aliphatic rings. The molecule has 33 heavy (non-hydrogen) atoms. The molecule has 9 heteroatoms. The molecule has 0 bridgehead atoms. The van der Waals surface area contributed by atoms with E-state index in [1.807, 2.05) is 23.4 Å². The Balaban J connectivity index is 1.23. The summed E-state index contributed by atoms with van der Waals surface area (Å²) in [5.74, 6) is 0.330. The van der Waals surface area contributed by atoms with Crippen molar-refractivity contribution in [1.82, 2.24) is 29.5 Å². The Bertz CT molecular complexity index is 1110. The lowest BCUT2D eigenvalue weighted by Crippen LogP contribution is -2.59. The van der Waals surface area contributed by atoms with Crippen LogP contribution in [0.2, 0.25) is 0 Å². The molecule has 1 amide bonds. The highest BCUT2D eigenvalue weighted by molar-refractivity contribution is 5.78. The molecule has 0 radical (unpaired) electrons. The van der Waals surface area contributed by atoms with Crippen molar-refractivity contribution in [2.45, 2.75) is 38.9 Å². The van der Waals surface area contributed by atoms with E-state index in [1.54, 1.807) is 16.9 Å². The average molecular weight is 450 g/mol. The first-order valence-corrected chi connectivity index (χ1v) is 11.4. The van der Waals surface area contributed by atoms with E-state index < -0.39 is 0 Å². The van der Waals surface area contributed by atoms with Crippen LogP contribution in [0.15, 0.2) is 49.1 Å². The normalized spacial score (nSPS) is 21.2. The number of carbonyl (C=O) groups is 1. The lowest BCUT2D eigenvalue weighted by Gasteiger charge is -2.45. The number of hydrogen-bond acceptors (Lipinski definition) is 6. The molecule has 5 rings (SSSR count). The molecule has 0 unspecified atom stereocenters. The fraction of sp³-hybridized carbons (Fsp3) is 0.417. The summed E-state index contributed by atoms with van der Waals surface area (Å²) in [4.78, 5) is 28.1. The summed E-state index contributed by atoms with van der Waals surface area (Å²) < 4.78 is 14.8. The minimum atomic E-state index is -0.378. The first kappa shape index (κ1) is 21.5. The maximum atomic E-state index is 13.2. The highest BCUT2D eigenvalue weighted by Gasteiger charge is 2.33. The van der Waals surface area contributed by atoms with Crippen LogP contribution in [0.5, 0.6) is 0 Å². The molecule has 0 spiro atoms. The van der Waals surface area contributed by atoms with Gasteiger partial charge in [-0.05, 0) is 38.1 Å². The molecule has 2 atom stereocenters. The van der Waals surface area contributed by atoms with Gasteiger partial charge in [0.05, 0.1) is 30.3 Å². The molecule has 3 aromatic rings. The van der Waals surface area contributed by atoms with Gasteiger partial charge in [0.2, 0.25) is 5.91 Å². The fourth-order valence-corrected chi connectivity index (χ4v) is 4.82. The summed E-state index contributed by atoms with van der Waals surface area (Å²) in [5, 5.41) is 4.59. The maximum absolute atomic E-state index is 13.2. The van der Waals surface area contributed by atoms with E-state index in [0.717, 1.165) is 30.0 Å². The van der Waals surface area contributed by atoms with E-state index in [4.69, 9.17) is 0 Å². The van der Waals surface area contributed by atoms with Crippen molar-refractivity contribution >= 4 is 11.6 Å². The van der Waals surface area contributed by atoms with Gasteiger partial charge in [-0.2, -0.15) is 5.10 Å². The minimum absolute atomic E-state index is 0.141. The number of carbonyl (C=O) groups excluding carboxylic acids is 1. The number of anilines is 1. The van der Waals surface area contributed by atoms with Gasteiger partial charge in [-0.3, -0.25) is 14.7 Å². The predicted octanol–water partition coefficient (Wildman–Crippen LogP) is 2.29. The molecule has 8 nitrogen and oxygen atoms in total. The van der Waals surface area contributed by atoms with Gasteiger partial charge in [-0.1, -0.05) is 0 Å². The lowest BCUT2D eigenvalue weighted by atomic mass is 10.1. The Morgan fingerprint density at radius 2 is 1.97 bits per heavy atom. The number of rotatable bonds is 4. The number of aromatic nitrogens is 4. The second-order valence-corrected chi connectivity index (χ2v) is 8.93. The lowest BCUT2D eigenvalue weighted by molar-refractivity contribution is -0.134. The van der Waals surface area contributed by atoms with Gasteiger partial charge in [-0.15, -0.1) is 0 Å². The molecule has 0 aromatic carbocycles. The van der Waals surface area contributed by atoms with Crippen molar-refractivity contribution in [1.29, 1.82) is 0 Å². The minimum Gasteiger partial charge on any atom is -0.367 e. The first-order chi connectivity index (χ1) is 16.0. The summed E-state index contributed by atoms with van der Waals surface area (Å²) >= 11 is 0. The van der Waals surface area contributed by atoms with Crippen LogP contribution in [-0.4, -0.2) is 73.7 Å². The van der Waals surface area contributed by atoms with E-state index in [-0.39, 0.29) is 23.8 Å². The molecule has 5 heterocycles. The first-order valence-electron chi connectivity index (χ1n) is 11.4. The number of amides is 1. The summed E-state index contributed by atoms with van der Waals surface area (Å²) in [6, 6.07) is 7.52. The smallest absolute Gasteiger partial charge is 0.237 e. The van der Waals surface area contributed by atoms with Gasteiger partial charge in [0.15, 0.2) is 5.82 Å². The Morgan fingerprint density at radius 3 is 2.67 bits per heavy atom. The Hall–Kier alpha value is -3.33. The molecule has 3 aromatic heterocycles. The van der Waals surface area contributed by atoms with Crippen LogP contribution >= 0.6 is 0 Å². The van der Waals surface area contributed by atoms with Crippen LogP contribution in [0.4, 0.5) is 10.1 Å². The second-order valence-electron chi connectivity index (χ2n) is 8.93. The van der Waals surface area contributed by atoms with Crippen molar-refractivity contribution in [3.05, 3.63) is 66.1 Å². The highest BCUT2D eigenvalue weighted by atomic mass is 19.1. The summed E-state index contributed by atoms with van der Waals surface area (Å²) in [6.45, 7) is 7.69. The fourth-order valence-electron chi connectivity index (χ4n) is 4.82. The Kier molecular flexibility index (Phi) is 5.80. The van der Waals surface area contributed by atoms with E-state index in [1.165, 1.54) is 12.3 Å². The summed E-state index contributed by atoms with van der Waals surface area (Å²) in [5.41, 5.74) is 3.11.